The van der Waals surface area contributed by atoms with Crippen LogP contribution >= 0.6 is 7.82 Å². The van der Waals surface area contributed by atoms with Gasteiger partial charge < -0.3 is 4.89 Å². The minimum absolute atomic E-state index is 0.309. The standard InChI is InChI=1S/C11H17O4P/c1-10(15-16(12,13)14-2)8-9-11-6-4-3-5-7-11/h3-7,10H,8-9H2,1-2H3,(H,12,13). The van der Waals surface area contributed by atoms with Crippen LogP contribution in [0.1, 0.15) is 18.9 Å². The first-order chi connectivity index (χ1) is 7.53. The van der Waals surface area contributed by atoms with Crippen molar-refractivity contribution in [1.29, 1.82) is 0 Å². The fraction of sp³-hybridized carbons (Fsp3) is 0.455. The van der Waals surface area contributed by atoms with E-state index in [1.54, 1.807) is 6.92 Å². The van der Waals surface area contributed by atoms with E-state index < -0.39 is 7.82 Å². The van der Waals surface area contributed by atoms with Gasteiger partial charge in [-0.25, -0.2) is 4.57 Å². The Labute approximate surface area is 95.8 Å². The summed E-state index contributed by atoms with van der Waals surface area (Å²) >= 11 is 0. The van der Waals surface area contributed by atoms with Crippen LogP contribution in [0.5, 0.6) is 0 Å². The van der Waals surface area contributed by atoms with Gasteiger partial charge in [-0.1, -0.05) is 30.3 Å². The highest BCUT2D eigenvalue weighted by atomic mass is 31.2. The molecule has 2 unspecified atom stereocenters. The molecule has 1 rings (SSSR count). The van der Waals surface area contributed by atoms with Gasteiger partial charge in [-0.2, -0.15) is 0 Å². The third-order valence-corrected chi connectivity index (χ3v) is 3.31. The molecule has 4 nitrogen and oxygen atoms in total. The SMILES string of the molecule is COP(=O)(O)OC(C)CCc1ccccc1. The average molecular weight is 244 g/mol. The maximum Gasteiger partial charge on any atom is 0.472 e. The summed E-state index contributed by atoms with van der Waals surface area (Å²) < 4.78 is 20.4. The topological polar surface area (TPSA) is 55.8 Å². The Balaban J connectivity index is 2.36. The molecule has 0 fully saturated rings. The van der Waals surface area contributed by atoms with E-state index in [2.05, 4.69) is 4.52 Å². The van der Waals surface area contributed by atoms with Crippen LogP contribution in [-0.2, 0) is 20.0 Å². The number of aryl methyl sites for hydroxylation is 1. The zero-order valence-corrected chi connectivity index (χ0v) is 10.4. The van der Waals surface area contributed by atoms with Crippen molar-refractivity contribution in [3.8, 4) is 0 Å². The summed E-state index contributed by atoms with van der Waals surface area (Å²) in [5, 5.41) is 0. The molecule has 1 aromatic carbocycles. The number of hydrogen-bond donors (Lipinski definition) is 1. The van der Waals surface area contributed by atoms with Crippen molar-refractivity contribution in [2.45, 2.75) is 25.9 Å². The van der Waals surface area contributed by atoms with Crippen molar-refractivity contribution in [3.63, 3.8) is 0 Å². The summed E-state index contributed by atoms with van der Waals surface area (Å²) in [6.07, 6.45) is 1.18. The second-order valence-electron chi connectivity index (χ2n) is 3.59. The van der Waals surface area contributed by atoms with Gasteiger partial charge in [-0.3, -0.25) is 9.05 Å². The van der Waals surface area contributed by atoms with E-state index >= 15 is 0 Å². The van der Waals surface area contributed by atoms with E-state index in [0.717, 1.165) is 13.5 Å². The number of rotatable bonds is 6. The third kappa shape index (κ3) is 4.90. The predicted octanol–water partition coefficient (Wildman–Crippen LogP) is 2.77. The molecule has 0 heterocycles. The third-order valence-electron chi connectivity index (χ3n) is 2.23. The van der Waals surface area contributed by atoms with Crippen LogP contribution in [-0.4, -0.2) is 18.1 Å². The lowest BCUT2D eigenvalue weighted by Gasteiger charge is -2.15. The average Bonchev–Trinajstić information content (AvgIpc) is 2.27. The second kappa shape index (κ2) is 6.16. The Morgan fingerprint density at radius 2 is 2.00 bits per heavy atom. The van der Waals surface area contributed by atoms with Gasteiger partial charge in [0.15, 0.2) is 0 Å². The lowest BCUT2D eigenvalue weighted by atomic mass is 10.1. The molecule has 1 aromatic rings. The molecular formula is C11H17O4P. The highest BCUT2D eigenvalue weighted by Gasteiger charge is 2.21. The van der Waals surface area contributed by atoms with E-state index in [1.807, 2.05) is 30.3 Å². The molecule has 0 radical (unpaired) electrons. The van der Waals surface area contributed by atoms with Gasteiger partial charge in [0.2, 0.25) is 0 Å². The van der Waals surface area contributed by atoms with Crippen LogP contribution in [0, 0.1) is 0 Å². The Morgan fingerprint density at radius 1 is 1.38 bits per heavy atom. The number of benzene rings is 1. The monoisotopic (exact) mass is 244 g/mol. The van der Waals surface area contributed by atoms with Gasteiger partial charge in [-0.05, 0) is 25.3 Å². The van der Waals surface area contributed by atoms with E-state index in [0.29, 0.717) is 6.42 Å². The van der Waals surface area contributed by atoms with Crippen molar-refractivity contribution in [1.82, 2.24) is 0 Å². The summed E-state index contributed by atoms with van der Waals surface area (Å²) in [7, 11) is -2.69. The van der Waals surface area contributed by atoms with Gasteiger partial charge in [0, 0.05) is 7.11 Å². The van der Waals surface area contributed by atoms with Gasteiger partial charge in [0.1, 0.15) is 0 Å². The predicted molar refractivity (Wildman–Crippen MR) is 62.1 cm³/mol. The summed E-state index contributed by atoms with van der Waals surface area (Å²) in [4.78, 5) is 9.10. The highest BCUT2D eigenvalue weighted by molar-refractivity contribution is 7.47. The van der Waals surface area contributed by atoms with Crippen molar-refractivity contribution in [3.05, 3.63) is 35.9 Å². The largest absolute Gasteiger partial charge is 0.472 e. The lowest BCUT2D eigenvalue weighted by Crippen LogP contribution is -2.08. The van der Waals surface area contributed by atoms with Gasteiger partial charge in [-0.15, -0.1) is 0 Å². The van der Waals surface area contributed by atoms with Gasteiger partial charge in [0.05, 0.1) is 6.10 Å². The fourth-order valence-corrected chi connectivity index (χ4v) is 1.98. The minimum atomic E-state index is -3.85. The molecule has 5 heteroatoms. The van der Waals surface area contributed by atoms with Gasteiger partial charge in [0.25, 0.3) is 0 Å². The van der Waals surface area contributed by atoms with Crippen LogP contribution in [0.15, 0.2) is 30.3 Å². The summed E-state index contributed by atoms with van der Waals surface area (Å²) in [5.74, 6) is 0. The van der Waals surface area contributed by atoms with Crippen molar-refractivity contribution in [2.24, 2.45) is 0 Å². The number of phosphoric ester groups is 1. The van der Waals surface area contributed by atoms with Crippen LogP contribution in [0.4, 0.5) is 0 Å². The number of hydrogen-bond acceptors (Lipinski definition) is 3. The zero-order chi connectivity index (χ0) is 12.0. The van der Waals surface area contributed by atoms with E-state index in [9.17, 15) is 4.57 Å². The molecule has 0 aliphatic rings. The quantitative estimate of drug-likeness (QED) is 0.782. The van der Waals surface area contributed by atoms with E-state index in [4.69, 9.17) is 9.42 Å². The molecule has 1 N–H and O–H groups in total. The molecule has 0 aromatic heterocycles. The maximum atomic E-state index is 11.1. The molecule has 0 spiro atoms. The Morgan fingerprint density at radius 3 is 2.56 bits per heavy atom. The summed E-state index contributed by atoms with van der Waals surface area (Å²) in [6.45, 7) is 1.75. The first-order valence-electron chi connectivity index (χ1n) is 5.14. The zero-order valence-electron chi connectivity index (χ0n) is 9.50. The lowest BCUT2D eigenvalue weighted by molar-refractivity contribution is 0.124. The molecule has 0 bridgehead atoms. The van der Waals surface area contributed by atoms with Crippen LogP contribution < -0.4 is 0 Å². The van der Waals surface area contributed by atoms with Crippen LogP contribution in [0.25, 0.3) is 0 Å². The van der Waals surface area contributed by atoms with Crippen molar-refractivity contribution >= 4 is 7.82 Å². The first-order valence-corrected chi connectivity index (χ1v) is 6.64. The van der Waals surface area contributed by atoms with E-state index in [1.165, 1.54) is 5.56 Å². The molecule has 0 aliphatic carbocycles. The maximum absolute atomic E-state index is 11.1. The molecule has 0 saturated heterocycles. The Bertz CT molecular complexity index is 352. The molecular weight excluding hydrogens is 227 g/mol. The Kier molecular flexibility index (Phi) is 5.16. The summed E-state index contributed by atoms with van der Waals surface area (Å²) in [5.41, 5.74) is 1.18. The fourth-order valence-electron chi connectivity index (χ4n) is 1.34. The normalized spacial score (nSPS) is 16.7. The molecule has 0 aliphatic heterocycles. The van der Waals surface area contributed by atoms with Crippen molar-refractivity contribution < 1.29 is 18.5 Å². The van der Waals surface area contributed by atoms with Gasteiger partial charge >= 0.3 is 7.82 Å². The molecule has 0 saturated carbocycles. The first kappa shape index (κ1) is 13.4. The molecule has 16 heavy (non-hydrogen) atoms. The Hall–Kier alpha value is -0.670. The molecule has 2 atom stereocenters. The minimum Gasteiger partial charge on any atom is -0.302 e. The molecule has 0 amide bonds. The highest BCUT2D eigenvalue weighted by Crippen LogP contribution is 2.43. The van der Waals surface area contributed by atoms with Crippen LogP contribution in [0.2, 0.25) is 0 Å². The summed E-state index contributed by atoms with van der Waals surface area (Å²) in [6, 6.07) is 9.92. The molecule has 90 valence electrons. The number of phosphoric acid groups is 1. The van der Waals surface area contributed by atoms with Crippen molar-refractivity contribution in [2.75, 3.05) is 7.11 Å². The second-order valence-corrected chi connectivity index (χ2v) is 5.10. The smallest absolute Gasteiger partial charge is 0.302 e. The van der Waals surface area contributed by atoms with Crippen LogP contribution in [0.3, 0.4) is 0 Å². The van der Waals surface area contributed by atoms with E-state index in [-0.39, 0.29) is 6.10 Å².